The van der Waals surface area contributed by atoms with Crippen LogP contribution in [0, 0.1) is 0 Å². The van der Waals surface area contributed by atoms with Gasteiger partial charge in [-0.05, 0) is 49.6 Å². The van der Waals surface area contributed by atoms with Crippen LogP contribution in [0.5, 0.6) is 0 Å². The number of rotatable bonds is 4. The summed E-state index contributed by atoms with van der Waals surface area (Å²) in [5.41, 5.74) is 10.2. The summed E-state index contributed by atoms with van der Waals surface area (Å²) in [7, 11) is 1.86. The van der Waals surface area contributed by atoms with E-state index < -0.39 is 0 Å². The number of likely N-dealkylation sites (N-methyl/N-ethyl adjacent to an activating group) is 1. The van der Waals surface area contributed by atoms with Crippen molar-refractivity contribution in [3.63, 3.8) is 0 Å². The third-order valence-electron chi connectivity index (χ3n) is 5.23. The third-order valence-corrected chi connectivity index (χ3v) is 6.26. The molecule has 1 atom stereocenters. The van der Waals surface area contributed by atoms with Crippen LogP contribution < -0.4 is 10.6 Å². The number of anilines is 2. The predicted octanol–water partition coefficient (Wildman–Crippen LogP) is 4.52. The van der Waals surface area contributed by atoms with Gasteiger partial charge < -0.3 is 15.5 Å². The number of thiazole rings is 1. The molecule has 5 nitrogen and oxygen atoms in total. The van der Waals surface area contributed by atoms with Crippen LogP contribution in [0.4, 0.5) is 11.4 Å². The summed E-state index contributed by atoms with van der Waals surface area (Å²) in [6, 6.07) is 13.8. The minimum Gasteiger partial charge on any atom is -0.398 e. The Labute approximate surface area is 187 Å². The Hall–Kier alpha value is -2.02. The Morgan fingerprint density at radius 3 is 2.76 bits per heavy atom. The number of para-hydroxylation sites is 1. The lowest BCUT2D eigenvalue weighted by atomic mass is 9.98. The molecule has 0 saturated heterocycles. The molecule has 1 aliphatic heterocycles. The Bertz CT molecular complexity index is 961. The highest BCUT2D eigenvalue weighted by Crippen LogP contribution is 2.33. The van der Waals surface area contributed by atoms with Crippen molar-refractivity contribution in [3.8, 4) is 0 Å². The van der Waals surface area contributed by atoms with Crippen molar-refractivity contribution in [2.24, 2.45) is 0 Å². The van der Waals surface area contributed by atoms with Gasteiger partial charge in [0.05, 0.1) is 16.8 Å². The second-order valence-electron chi connectivity index (χ2n) is 7.09. The monoisotopic (exact) mass is 452 g/mol. The zero-order valence-corrected chi connectivity index (χ0v) is 18.9. The Morgan fingerprint density at radius 2 is 2.00 bits per heavy atom. The average molecular weight is 453 g/mol. The molecule has 0 radical (unpaired) electrons. The number of nitrogens with zero attached hydrogens (tertiary/aromatic N) is 3. The van der Waals surface area contributed by atoms with Crippen LogP contribution in [0.1, 0.15) is 23.9 Å². The number of hydrogen-bond acceptors (Lipinski definition) is 5. The first-order valence-corrected chi connectivity index (χ1v) is 10.1. The molecule has 2 N–H and O–H groups in total. The topological polar surface area (TPSA) is 62.5 Å². The average Bonchev–Trinajstić information content (AvgIpc) is 3.09. The Kier molecular flexibility index (Phi) is 7.74. The summed E-state index contributed by atoms with van der Waals surface area (Å²) in [5, 5.41) is 0.961. The first-order chi connectivity index (χ1) is 13.0. The number of aromatic nitrogens is 1. The second kappa shape index (κ2) is 9.65. The van der Waals surface area contributed by atoms with Gasteiger partial charge >= 0.3 is 0 Å². The molecule has 29 heavy (non-hydrogen) atoms. The summed E-state index contributed by atoms with van der Waals surface area (Å²) in [6.45, 7) is 3.38. The number of carbonyl (C=O) groups is 1. The van der Waals surface area contributed by atoms with Crippen molar-refractivity contribution in [3.05, 3.63) is 53.0 Å². The fraction of sp³-hybridized carbons (Fsp3) is 0.333. The van der Waals surface area contributed by atoms with Gasteiger partial charge in [-0.15, -0.1) is 36.2 Å². The van der Waals surface area contributed by atoms with Gasteiger partial charge in [0.15, 0.2) is 0 Å². The second-order valence-corrected chi connectivity index (χ2v) is 8.20. The van der Waals surface area contributed by atoms with Crippen LogP contribution in [0.25, 0.3) is 10.2 Å². The maximum Gasteiger partial charge on any atom is 0.245 e. The van der Waals surface area contributed by atoms with Gasteiger partial charge in [0.25, 0.3) is 0 Å². The molecule has 4 rings (SSSR count). The summed E-state index contributed by atoms with van der Waals surface area (Å²) < 4.78 is 1.15. The van der Waals surface area contributed by atoms with E-state index in [1.807, 2.05) is 44.3 Å². The number of fused-ring (bicyclic) bond motifs is 2. The molecule has 0 bridgehead atoms. The zero-order chi connectivity index (χ0) is 19.0. The van der Waals surface area contributed by atoms with Crippen LogP contribution >= 0.6 is 36.2 Å². The van der Waals surface area contributed by atoms with E-state index in [0.29, 0.717) is 6.54 Å². The molecule has 156 valence electrons. The standard InChI is InChI=1S/C21H24N4OS.2ClH/c1-14(25-12-6-7-15-16(22)8-5-10-18(15)25)21(26)24(2)13-20-23-17-9-3-4-11-19(17)27-20;;/h3-5,8-11,14H,6-7,12-13,22H2,1-2H3;2*1H. The molecule has 8 heteroatoms. The molecule has 2 aromatic carbocycles. The van der Waals surface area contributed by atoms with E-state index >= 15 is 0 Å². The van der Waals surface area contributed by atoms with Gasteiger partial charge in [-0.1, -0.05) is 18.2 Å². The van der Waals surface area contributed by atoms with Gasteiger partial charge in [-0.25, -0.2) is 4.98 Å². The summed E-state index contributed by atoms with van der Waals surface area (Å²) >= 11 is 1.65. The minimum absolute atomic E-state index is 0. The molecule has 1 aliphatic rings. The predicted molar refractivity (Wildman–Crippen MR) is 127 cm³/mol. The molecule has 1 amide bonds. The Balaban J connectivity index is 0.00000150. The molecule has 3 aromatic rings. The molecular weight excluding hydrogens is 427 g/mol. The quantitative estimate of drug-likeness (QED) is 0.590. The number of nitrogen functional groups attached to an aromatic ring is 1. The van der Waals surface area contributed by atoms with Crippen LogP contribution in [0.2, 0.25) is 0 Å². The van der Waals surface area contributed by atoms with Crippen LogP contribution in [0.3, 0.4) is 0 Å². The number of amides is 1. The van der Waals surface area contributed by atoms with Crippen molar-refractivity contribution in [1.29, 1.82) is 0 Å². The van der Waals surface area contributed by atoms with Gasteiger partial charge in [-0.2, -0.15) is 0 Å². The SMILES string of the molecule is CC(C(=O)N(C)Cc1nc2ccccc2s1)N1CCCc2c(N)cccc21.Cl.Cl. The van der Waals surface area contributed by atoms with Crippen LogP contribution in [-0.4, -0.2) is 35.4 Å². The highest BCUT2D eigenvalue weighted by atomic mass is 35.5. The third kappa shape index (κ3) is 4.60. The van der Waals surface area contributed by atoms with Crippen molar-refractivity contribution < 1.29 is 4.79 Å². The van der Waals surface area contributed by atoms with Crippen molar-refractivity contribution in [2.75, 3.05) is 24.2 Å². The molecule has 0 fully saturated rings. The van der Waals surface area contributed by atoms with E-state index in [1.54, 1.807) is 16.2 Å². The van der Waals surface area contributed by atoms with Crippen LogP contribution in [0.15, 0.2) is 42.5 Å². The fourth-order valence-electron chi connectivity index (χ4n) is 3.80. The van der Waals surface area contributed by atoms with Crippen molar-refractivity contribution in [1.82, 2.24) is 9.88 Å². The van der Waals surface area contributed by atoms with Gasteiger partial charge in [-0.3, -0.25) is 4.79 Å². The largest absolute Gasteiger partial charge is 0.398 e. The number of nitrogens with two attached hydrogens (primary N) is 1. The number of carbonyl (C=O) groups excluding carboxylic acids is 1. The number of halogens is 2. The van der Waals surface area contributed by atoms with E-state index in [0.717, 1.165) is 51.5 Å². The summed E-state index contributed by atoms with van der Waals surface area (Å²) in [6.07, 6.45) is 1.99. The van der Waals surface area contributed by atoms with Crippen molar-refractivity contribution >= 4 is 63.6 Å². The van der Waals surface area contributed by atoms with Crippen LogP contribution in [-0.2, 0) is 17.8 Å². The summed E-state index contributed by atoms with van der Waals surface area (Å²) in [5.74, 6) is 0.101. The smallest absolute Gasteiger partial charge is 0.245 e. The van der Waals surface area contributed by atoms with E-state index in [4.69, 9.17) is 5.73 Å². The molecule has 0 saturated carbocycles. The number of benzene rings is 2. The normalized spacial score (nSPS) is 13.8. The van der Waals surface area contributed by atoms with E-state index in [1.165, 1.54) is 0 Å². The first-order valence-electron chi connectivity index (χ1n) is 9.28. The molecule has 2 heterocycles. The van der Waals surface area contributed by atoms with Gasteiger partial charge in [0.2, 0.25) is 5.91 Å². The molecular formula is C21H26Cl2N4OS. The Morgan fingerprint density at radius 1 is 1.24 bits per heavy atom. The minimum atomic E-state index is -0.231. The first kappa shape index (κ1) is 23.3. The zero-order valence-electron chi connectivity index (χ0n) is 16.5. The van der Waals surface area contributed by atoms with Gasteiger partial charge in [0.1, 0.15) is 11.0 Å². The fourth-order valence-corrected chi connectivity index (χ4v) is 4.82. The van der Waals surface area contributed by atoms with E-state index in [9.17, 15) is 4.79 Å². The number of hydrogen-bond donors (Lipinski definition) is 1. The highest BCUT2D eigenvalue weighted by molar-refractivity contribution is 7.18. The van der Waals surface area contributed by atoms with Gasteiger partial charge in [0, 0.05) is 25.0 Å². The lowest BCUT2D eigenvalue weighted by molar-refractivity contribution is -0.131. The van der Waals surface area contributed by atoms with Crippen molar-refractivity contribution in [2.45, 2.75) is 32.4 Å². The highest BCUT2D eigenvalue weighted by Gasteiger charge is 2.29. The lowest BCUT2D eigenvalue weighted by Crippen LogP contribution is -2.47. The lowest BCUT2D eigenvalue weighted by Gasteiger charge is -2.37. The van der Waals surface area contributed by atoms with E-state index in [2.05, 4.69) is 22.0 Å². The molecule has 1 aromatic heterocycles. The maximum absolute atomic E-state index is 13.1. The molecule has 0 spiro atoms. The maximum atomic E-state index is 13.1. The molecule has 0 aliphatic carbocycles. The molecule has 1 unspecified atom stereocenters. The van der Waals surface area contributed by atoms with E-state index in [-0.39, 0.29) is 36.8 Å². The summed E-state index contributed by atoms with van der Waals surface area (Å²) in [4.78, 5) is 21.7.